The second kappa shape index (κ2) is 8.10. The molecule has 0 spiro atoms. The lowest BCUT2D eigenvalue weighted by molar-refractivity contribution is -0.137. The number of rotatable bonds is 6. The lowest BCUT2D eigenvalue weighted by atomic mass is 9.98. The summed E-state index contributed by atoms with van der Waals surface area (Å²) >= 11 is 0. The number of aliphatic carboxylic acids is 1. The van der Waals surface area contributed by atoms with Crippen LogP contribution in [0.25, 0.3) is 11.1 Å². The number of carbonyl (C=O) groups is 2. The van der Waals surface area contributed by atoms with Crippen LogP contribution in [-0.2, 0) is 9.53 Å². The van der Waals surface area contributed by atoms with Gasteiger partial charge in [0.1, 0.15) is 12.9 Å². The predicted octanol–water partition coefficient (Wildman–Crippen LogP) is 3.53. The van der Waals surface area contributed by atoms with Gasteiger partial charge in [0.2, 0.25) is 0 Å². The van der Waals surface area contributed by atoms with Gasteiger partial charge in [-0.2, -0.15) is 0 Å². The van der Waals surface area contributed by atoms with Gasteiger partial charge in [-0.15, -0.1) is 0 Å². The number of amides is 1. The molecule has 7 heteroatoms. The summed E-state index contributed by atoms with van der Waals surface area (Å²) in [6, 6.07) is 15.3. The Labute approximate surface area is 167 Å². The van der Waals surface area contributed by atoms with Crippen LogP contribution >= 0.6 is 0 Å². The Morgan fingerprint density at radius 2 is 1.59 bits per heavy atom. The molecule has 0 bridgehead atoms. The summed E-state index contributed by atoms with van der Waals surface area (Å²) in [4.78, 5) is 31.4. The maximum atomic E-state index is 12.4. The third-order valence-electron chi connectivity index (χ3n) is 5.00. The van der Waals surface area contributed by atoms with Crippen molar-refractivity contribution in [1.82, 2.24) is 15.3 Å². The van der Waals surface area contributed by atoms with Gasteiger partial charge in [-0.05, 0) is 22.3 Å². The van der Waals surface area contributed by atoms with Crippen LogP contribution in [0.3, 0.4) is 0 Å². The van der Waals surface area contributed by atoms with Gasteiger partial charge in [-0.25, -0.2) is 14.8 Å². The molecule has 0 radical (unpaired) electrons. The van der Waals surface area contributed by atoms with Gasteiger partial charge in [0.15, 0.2) is 0 Å². The van der Waals surface area contributed by atoms with E-state index in [9.17, 15) is 9.59 Å². The fourth-order valence-corrected chi connectivity index (χ4v) is 3.70. The average Bonchev–Trinajstić information content (AvgIpc) is 3.06. The normalized spacial score (nSPS) is 13.2. The molecule has 0 unspecified atom stereocenters. The lowest BCUT2D eigenvalue weighted by Crippen LogP contribution is -2.31. The van der Waals surface area contributed by atoms with Crippen LogP contribution in [0.1, 0.15) is 35.1 Å². The minimum atomic E-state index is -1.04. The Hall–Kier alpha value is -3.74. The van der Waals surface area contributed by atoms with Gasteiger partial charge in [0.25, 0.3) is 0 Å². The summed E-state index contributed by atoms with van der Waals surface area (Å²) < 4.78 is 5.49. The third-order valence-corrected chi connectivity index (χ3v) is 5.00. The Morgan fingerprint density at radius 3 is 2.17 bits per heavy atom. The zero-order valence-electron chi connectivity index (χ0n) is 15.5. The first kappa shape index (κ1) is 18.6. The number of ether oxygens (including phenoxy) is 1. The zero-order chi connectivity index (χ0) is 20.2. The van der Waals surface area contributed by atoms with Crippen molar-refractivity contribution in [3.05, 3.63) is 83.9 Å². The van der Waals surface area contributed by atoms with Crippen LogP contribution in [0.4, 0.5) is 4.79 Å². The highest BCUT2D eigenvalue weighted by Crippen LogP contribution is 2.44. The molecule has 29 heavy (non-hydrogen) atoms. The van der Waals surface area contributed by atoms with Crippen molar-refractivity contribution in [1.29, 1.82) is 0 Å². The van der Waals surface area contributed by atoms with E-state index in [1.54, 1.807) is 0 Å². The number of hydrogen-bond acceptors (Lipinski definition) is 5. The van der Waals surface area contributed by atoms with Gasteiger partial charge in [-0.1, -0.05) is 48.5 Å². The largest absolute Gasteiger partial charge is 0.481 e. The quantitative estimate of drug-likeness (QED) is 0.669. The highest BCUT2D eigenvalue weighted by atomic mass is 16.5. The van der Waals surface area contributed by atoms with Gasteiger partial charge >= 0.3 is 12.1 Å². The zero-order valence-corrected chi connectivity index (χ0v) is 15.5. The van der Waals surface area contributed by atoms with E-state index in [0.29, 0.717) is 5.56 Å². The number of carboxylic acids is 1. The van der Waals surface area contributed by atoms with Gasteiger partial charge < -0.3 is 15.2 Å². The monoisotopic (exact) mass is 389 g/mol. The Morgan fingerprint density at radius 1 is 1.00 bits per heavy atom. The topological polar surface area (TPSA) is 101 Å². The molecule has 4 rings (SSSR count). The van der Waals surface area contributed by atoms with Crippen LogP contribution in [-0.4, -0.2) is 33.7 Å². The first-order chi connectivity index (χ1) is 14.1. The number of alkyl carbamates (subject to hydrolysis) is 1. The molecule has 1 amide bonds. The smallest absolute Gasteiger partial charge is 0.407 e. The molecule has 1 aliphatic rings. The maximum absolute atomic E-state index is 12.4. The molecule has 0 saturated heterocycles. The van der Waals surface area contributed by atoms with Crippen molar-refractivity contribution in [3.8, 4) is 11.1 Å². The van der Waals surface area contributed by atoms with E-state index in [-0.39, 0.29) is 18.9 Å². The number of carbonyl (C=O) groups excluding carboxylic acids is 1. The Kier molecular flexibility index (Phi) is 5.20. The van der Waals surface area contributed by atoms with Gasteiger partial charge in [0.05, 0.1) is 12.5 Å². The van der Waals surface area contributed by atoms with Gasteiger partial charge in [0, 0.05) is 23.9 Å². The van der Waals surface area contributed by atoms with Crippen LogP contribution in [0, 0.1) is 0 Å². The maximum Gasteiger partial charge on any atom is 0.407 e. The molecular formula is C22H19N3O4. The summed E-state index contributed by atoms with van der Waals surface area (Å²) in [5.74, 6) is -1.11. The molecule has 1 atom stereocenters. The van der Waals surface area contributed by atoms with Crippen molar-refractivity contribution in [2.45, 2.75) is 18.4 Å². The molecule has 146 valence electrons. The van der Waals surface area contributed by atoms with Crippen molar-refractivity contribution in [3.63, 3.8) is 0 Å². The molecule has 2 N–H and O–H groups in total. The van der Waals surface area contributed by atoms with Crippen LogP contribution < -0.4 is 5.32 Å². The molecule has 7 nitrogen and oxygen atoms in total. The summed E-state index contributed by atoms with van der Waals surface area (Å²) in [6.45, 7) is 0.158. The molecule has 3 aromatic rings. The van der Waals surface area contributed by atoms with Crippen LogP contribution in [0.5, 0.6) is 0 Å². The second-order valence-electron chi connectivity index (χ2n) is 6.79. The van der Waals surface area contributed by atoms with Crippen molar-refractivity contribution in [2.75, 3.05) is 6.61 Å². The van der Waals surface area contributed by atoms with E-state index in [4.69, 9.17) is 9.84 Å². The van der Waals surface area contributed by atoms with Crippen molar-refractivity contribution < 1.29 is 19.4 Å². The number of nitrogens with one attached hydrogen (secondary N) is 1. The third kappa shape index (κ3) is 3.94. The first-order valence-electron chi connectivity index (χ1n) is 9.21. The fraction of sp³-hybridized carbons (Fsp3) is 0.182. The van der Waals surface area contributed by atoms with E-state index < -0.39 is 18.1 Å². The summed E-state index contributed by atoms with van der Waals surface area (Å²) in [6.07, 6.45) is 3.32. The van der Waals surface area contributed by atoms with Crippen molar-refractivity contribution in [2.24, 2.45) is 0 Å². The summed E-state index contributed by atoms with van der Waals surface area (Å²) in [7, 11) is 0. The SMILES string of the molecule is O=C(O)C[C@H](NC(=O)OCC1c2ccccc2-c2ccccc21)c1cncnc1. The minimum Gasteiger partial charge on any atom is -0.481 e. The van der Waals surface area contributed by atoms with E-state index in [1.165, 1.54) is 18.7 Å². The van der Waals surface area contributed by atoms with E-state index in [2.05, 4.69) is 27.4 Å². The first-order valence-corrected chi connectivity index (χ1v) is 9.21. The number of aromatic nitrogens is 2. The summed E-state index contributed by atoms with van der Waals surface area (Å²) in [5, 5.41) is 11.8. The molecule has 1 aromatic heterocycles. The Bertz CT molecular complexity index is 993. The predicted molar refractivity (Wildman–Crippen MR) is 105 cm³/mol. The second-order valence-corrected chi connectivity index (χ2v) is 6.79. The molecule has 0 fully saturated rings. The number of fused-ring (bicyclic) bond motifs is 3. The van der Waals surface area contributed by atoms with Crippen LogP contribution in [0.15, 0.2) is 67.3 Å². The number of hydrogen-bond donors (Lipinski definition) is 2. The number of benzene rings is 2. The van der Waals surface area contributed by atoms with E-state index in [1.807, 2.05) is 36.4 Å². The number of nitrogens with zero attached hydrogens (tertiary/aromatic N) is 2. The molecule has 0 saturated carbocycles. The minimum absolute atomic E-state index is 0.0638. The van der Waals surface area contributed by atoms with Crippen molar-refractivity contribution >= 4 is 12.1 Å². The Balaban J connectivity index is 1.47. The highest BCUT2D eigenvalue weighted by molar-refractivity contribution is 5.79. The molecule has 1 heterocycles. The average molecular weight is 389 g/mol. The van der Waals surface area contributed by atoms with Crippen LogP contribution in [0.2, 0.25) is 0 Å². The molecule has 1 aliphatic carbocycles. The van der Waals surface area contributed by atoms with E-state index in [0.717, 1.165) is 22.3 Å². The molecule has 0 aliphatic heterocycles. The highest BCUT2D eigenvalue weighted by Gasteiger charge is 2.29. The standard InChI is InChI=1S/C22H19N3O4/c26-21(27)9-20(14-10-23-13-24-11-14)25-22(28)29-12-19-17-7-3-1-5-15(17)16-6-2-4-8-18(16)19/h1-8,10-11,13,19-20H,9,12H2,(H,25,28)(H,26,27)/t20-/m0/s1. The summed E-state index contributed by atoms with van der Waals surface area (Å²) in [5.41, 5.74) is 5.01. The number of carboxylic acid groups (broad SMARTS) is 1. The fourth-order valence-electron chi connectivity index (χ4n) is 3.70. The lowest BCUT2D eigenvalue weighted by Gasteiger charge is -2.18. The van der Waals surface area contributed by atoms with E-state index >= 15 is 0 Å². The molecular weight excluding hydrogens is 370 g/mol. The van der Waals surface area contributed by atoms with Gasteiger partial charge in [-0.3, -0.25) is 4.79 Å². The molecule has 2 aromatic carbocycles.